The summed E-state index contributed by atoms with van der Waals surface area (Å²) in [5.41, 5.74) is 3.38. The number of aliphatic hydroxyl groups is 1. The molecule has 1 unspecified atom stereocenters. The molecule has 1 amide bonds. The third-order valence-electron chi connectivity index (χ3n) is 5.86. The maximum Gasteiger partial charge on any atom is 0.295 e. The molecule has 0 radical (unpaired) electrons. The van der Waals surface area contributed by atoms with Crippen LogP contribution >= 0.6 is 0 Å². The lowest BCUT2D eigenvalue weighted by Gasteiger charge is -2.25. The summed E-state index contributed by atoms with van der Waals surface area (Å²) in [7, 11) is 0. The van der Waals surface area contributed by atoms with Crippen LogP contribution in [0.1, 0.15) is 42.1 Å². The van der Waals surface area contributed by atoms with Gasteiger partial charge in [-0.3, -0.25) is 9.59 Å². The van der Waals surface area contributed by atoms with Gasteiger partial charge < -0.3 is 14.7 Å². The second-order valence-electron chi connectivity index (χ2n) is 7.97. The number of aliphatic hydroxyl groups excluding tert-OH is 1. The predicted molar refractivity (Wildman–Crippen MR) is 128 cm³/mol. The first-order valence-corrected chi connectivity index (χ1v) is 11.2. The van der Waals surface area contributed by atoms with Crippen molar-refractivity contribution in [1.29, 1.82) is 0 Å². The monoisotopic (exact) mass is 441 g/mol. The predicted octanol–water partition coefficient (Wildman–Crippen LogP) is 5.27. The van der Waals surface area contributed by atoms with Crippen molar-refractivity contribution in [3.8, 4) is 5.75 Å². The molecule has 33 heavy (non-hydrogen) atoms. The molecule has 0 spiro atoms. The number of carbonyl (C=O) groups is 2. The van der Waals surface area contributed by atoms with Crippen molar-refractivity contribution >= 4 is 17.4 Å². The first kappa shape index (κ1) is 22.3. The Labute approximate surface area is 193 Å². The Morgan fingerprint density at radius 2 is 1.64 bits per heavy atom. The summed E-state index contributed by atoms with van der Waals surface area (Å²) in [4.78, 5) is 27.9. The van der Waals surface area contributed by atoms with E-state index in [1.807, 2.05) is 61.5 Å². The Morgan fingerprint density at radius 3 is 2.30 bits per heavy atom. The molecule has 168 valence electrons. The number of carbonyl (C=O) groups excluding carboxylic acids is 2. The Balaban J connectivity index is 1.84. The average molecular weight is 442 g/mol. The van der Waals surface area contributed by atoms with E-state index in [0.29, 0.717) is 17.9 Å². The van der Waals surface area contributed by atoms with Crippen LogP contribution in [0.15, 0.2) is 84.4 Å². The van der Waals surface area contributed by atoms with Gasteiger partial charge in [0, 0.05) is 12.1 Å². The Hall–Kier alpha value is -3.86. The van der Waals surface area contributed by atoms with Gasteiger partial charge in [-0.15, -0.1) is 0 Å². The zero-order valence-corrected chi connectivity index (χ0v) is 18.8. The van der Waals surface area contributed by atoms with E-state index < -0.39 is 17.7 Å². The van der Waals surface area contributed by atoms with Gasteiger partial charge >= 0.3 is 0 Å². The lowest BCUT2D eigenvalue weighted by atomic mass is 9.94. The van der Waals surface area contributed by atoms with Crippen molar-refractivity contribution in [2.45, 2.75) is 32.9 Å². The summed E-state index contributed by atoms with van der Waals surface area (Å²) in [6.45, 7) is 4.69. The number of nitrogens with zero attached hydrogens (tertiary/aromatic N) is 1. The largest absolute Gasteiger partial charge is 0.507 e. The third-order valence-corrected chi connectivity index (χ3v) is 5.86. The first-order valence-electron chi connectivity index (χ1n) is 11.2. The van der Waals surface area contributed by atoms with E-state index in [9.17, 15) is 14.7 Å². The molecule has 0 bridgehead atoms. The van der Waals surface area contributed by atoms with Crippen LogP contribution in [0.2, 0.25) is 0 Å². The number of Topliss-reactive ketones (excluding diaryl/α,β-unsaturated/α-hetero) is 1. The second kappa shape index (κ2) is 9.74. The van der Waals surface area contributed by atoms with Crippen LogP contribution in [0.5, 0.6) is 5.75 Å². The van der Waals surface area contributed by atoms with Crippen LogP contribution in [-0.2, 0) is 22.6 Å². The smallest absolute Gasteiger partial charge is 0.295 e. The van der Waals surface area contributed by atoms with Gasteiger partial charge in [-0.25, -0.2) is 0 Å². The van der Waals surface area contributed by atoms with Crippen LogP contribution in [0.25, 0.3) is 5.76 Å². The van der Waals surface area contributed by atoms with Crippen molar-refractivity contribution in [2.24, 2.45) is 0 Å². The van der Waals surface area contributed by atoms with E-state index >= 15 is 0 Å². The van der Waals surface area contributed by atoms with Crippen molar-refractivity contribution in [3.63, 3.8) is 0 Å². The van der Waals surface area contributed by atoms with Crippen LogP contribution in [0, 0.1) is 0 Å². The van der Waals surface area contributed by atoms with Crippen molar-refractivity contribution in [3.05, 3.63) is 107 Å². The number of benzene rings is 3. The minimum atomic E-state index is -0.688. The molecule has 5 heteroatoms. The van der Waals surface area contributed by atoms with E-state index in [0.717, 1.165) is 23.1 Å². The number of ether oxygens (including phenoxy) is 1. The van der Waals surface area contributed by atoms with E-state index in [1.165, 1.54) is 4.90 Å². The number of amides is 1. The molecular formula is C28H27NO4. The van der Waals surface area contributed by atoms with E-state index in [4.69, 9.17) is 4.74 Å². The molecule has 1 atom stereocenters. The SMILES string of the molecule is CCOc1cccc(/C(O)=C2\C(=O)C(=O)N(Cc3ccccc3)C2c2ccc(CC)cc2)c1. The summed E-state index contributed by atoms with van der Waals surface area (Å²) >= 11 is 0. The number of hydrogen-bond donors (Lipinski definition) is 1. The standard InChI is InChI=1S/C28H27NO4/c1-3-19-13-15-21(16-14-19)25-24(26(30)22-11-8-12-23(17-22)33-4-2)27(31)28(32)29(25)18-20-9-6-5-7-10-20/h5-17,25,30H,3-4,18H2,1-2H3/b26-24+. The molecule has 1 saturated heterocycles. The fraction of sp³-hybridized carbons (Fsp3) is 0.214. The van der Waals surface area contributed by atoms with Crippen LogP contribution in [-0.4, -0.2) is 28.3 Å². The van der Waals surface area contributed by atoms with E-state index in [1.54, 1.807) is 24.3 Å². The fourth-order valence-corrected chi connectivity index (χ4v) is 4.16. The highest BCUT2D eigenvalue weighted by atomic mass is 16.5. The van der Waals surface area contributed by atoms with Gasteiger partial charge in [0.25, 0.3) is 11.7 Å². The number of aryl methyl sites for hydroxylation is 1. The molecule has 0 aliphatic carbocycles. The Bertz CT molecular complexity index is 1180. The van der Waals surface area contributed by atoms with Gasteiger partial charge in [-0.1, -0.05) is 73.7 Å². The van der Waals surface area contributed by atoms with Crippen molar-refractivity contribution in [2.75, 3.05) is 6.61 Å². The van der Waals surface area contributed by atoms with Crippen molar-refractivity contribution in [1.82, 2.24) is 4.90 Å². The number of likely N-dealkylation sites (tertiary alicyclic amines) is 1. The number of rotatable bonds is 7. The average Bonchev–Trinajstić information content (AvgIpc) is 3.09. The minimum absolute atomic E-state index is 0.0915. The van der Waals surface area contributed by atoms with Crippen LogP contribution in [0.4, 0.5) is 0 Å². The highest BCUT2D eigenvalue weighted by Crippen LogP contribution is 2.40. The maximum absolute atomic E-state index is 13.2. The van der Waals surface area contributed by atoms with E-state index in [2.05, 4.69) is 6.92 Å². The quantitative estimate of drug-likeness (QED) is 0.308. The second-order valence-corrected chi connectivity index (χ2v) is 7.97. The summed E-state index contributed by atoms with van der Waals surface area (Å²) in [6, 6.07) is 23.6. The number of hydrogen-bond acceptors (Lipinski definition) is 4. The third kappa shape index (κ3) is 4.53. The van der Waals surface area contributed by atoms with Gasteiger partial charge in [-0.2, -0.15) is 0 Å². The summed E-state index contributed by atoms with van der Waals surface area (Å²) in [5, 5.41) is 11.2. The molecule has 3 aromatic rings. The van der Waals surface area contributed by atoms with E-state index in [-0.39, 0.29) is 17.9 Å². The molecule has 3 aromatic carbocycles. The van der Waals surface area contributed by atoms with Gasteiger partial charge in [0.15, 0.2) is 0 Å². The minimum Gasteiger partial charge on any atom is -0.507 e. The zero-order valence-electron chi connectivity index (χ0n) is 18.8. The maximum atomic E-state index is 13.2. The molecule has 1 heterocycles. The summed E-state index contributed by atoms with van der Waals surface area (Å²) < 4.78 is 5.55. The van der Waals surface area contributed by atoms with Gasteiger partial charge in [0.2, 0.25) is 0 Å². The Kier molecular flexibility index (Phi) is 6.59. The molecule has 0 aromatic heterocycles. The molecule has 1 fully saturated rings. The van der Waals surface area contributed by atoms with Gasteiger partial charge in [0.1, 0.15) is 11.5 Å². The van der Waals surface area contributed by atoms with Gasteiger partial charge in [0.05, 0.1) is 18.2 Å². The normalized spacial score (nSPS) is 17.4. The van der Waals surface area contributed by atoms with Crippen molar-refractivity contribution < 1.29 is 19.4 Å². The lowest BCUT2D eigenvalue weighted by Crippen LogP contribution is -2.29. The first-order chi connectivity index (χ1) is 16.0. The van der Waals surface area contributed by atoms with Crippen LogP contribution < -0.4 is 4.74 Å². The summed E-state index contributed by atoms with van der Waals surface area (Å²) in [6.07, 6.45) is 0.884. The highest BCUT2D eigenvalue weighted by Gasteiger charge is 2.46. The highest BCUT2D eigenvalue weighted by molar-refractivity contribution is 6.46. The molecule has 1 aliphatic rings. The molecule has 0 saturated carbocycles. The molecule has 1 N–H and O–H groups in total. The Morgan fingerprint density at radius 1 is 0.909 bits per heavy atom. The molecular weight excluding hydrogens is 414 g/mol. The van der Waals surface area contributed by atoms with Crippen LogP contribution in [0.3, 0.4) is 0 Å². The summed E-state index contributed by atoms with van der Waals surface area (Å²) in [5.74, 6) is -0.917. The van der Waals surface area contributed by atoms with Gasteiger partial charge in [-0.05, 0) is 42.2 Å². The zero-order chi connectivity index (χ0) is 23.4. The topological polar surface area (TPSA) is 66.8 Å². The lowest BCUT2D eigenvalue weighted by molar-refractivity contribution is -0.140. The molecule has 1 aliphatic heterocycles. The number of ketones is 1. The molecule has 4 rings (SSSR count). The fourth-order valence-electron chi connectivity index (χ4n) is 4.16. The molecule has 5 nitrogen and oxygen atoms in total.